The fraction of sp³-hybridized carbons (Fsp3) is 0.857. The lowest BCUT2D eigenvalue weighted by molar-refractivity contribution is 0.109. The second kappa shape index (κ2) is 3.60. The molecule has 2 unspecified atom stereocenters. The molecule has 6 heteroatoms. The summed E-state index contributed by atoms with van der Waals surface area (Å²) in [7, 11) is -1.92. The van der Waals surface area contributed by atoms with Crippen molar-refractivity contribution in [2.45, 2.75) is 31.2 Å². The van der Waals surface area contributed by atoms with E-state index in [0.717, 1.165) is 19.3 Å². The molecular formula is C7H10O5P+. The van der Waals surface area contributed by atoms with E-state index in [-0.39, 0.29) is 12.7 Å². The highest BCUT2D eigenvalue weighted by molar-refractivity contribution is 7.39. The van der Waals surface area contributed by atoms with Crippen LogP contribution < -0.4 is 0 Å². The molecule has 0 amide bonds. The molecule has 0 N–H and O–H groups in total. The second-order valence-corrected chi connectivity index (χ2v) is 4.43. The van der Waals surface area contributed by atoms with Gasteiger partial charge in [0.1, 0.15) is 6.10 Å². The van der Waals surface area contributed by atoms with E-state index in [1.165, 1.54) is 0 Å². The highest BCUT2D eigenvalue weighted by Crippen LogP contribution is 2.39. The van der Waals surface area contributed by atoms with Crippen LogP contribution in [0.2, 0.25) is 0 Å². The molecule has 0 bridgehead atoms. The van der Waals surface area contributed by atoms with Gasteiger partial charge in [-0.2, -0.15) is 0 Å². The van der Waals surface area contributed by atoms with Crippen LogP contribution in [0, 0.1) is 0 Å². The predicted octanol–water partition coefficient (Wildman–Crippen LogP) is 1.79. The zero-order chi connectivity index (χ0) is 9.26. The Hall–Kier alpha value is -0.670. The van der Waals surface area contributed by atoms with E-state index in [9.17, 15) is 9.36 Å². The molecule has 1 heterocycles. The minimum atomic E-state index is -1.92. The Kier molecular flexibility index (Phi) is 2.47. The van der Waals surface area contributed by atoms with Gasteiger partial charge in [-0.15, -0.1) is 4.52 Å². The van der Waals surface area contributed by atoms with E-state index in [0.29, 0.717) is 0 Å². The van der Waals surface area contributed by atoms with E-state index >= 15 is 0 Å². The van der Waals surface area contributed by atoms with Crippen molar-refractivity contribution in [3.8, 4) is 0 Å². The Morgan fingerprint density at radius 1 is 1.46 bits per heavy atom. The van der Waals surface area contributed by atoms with Crippen molar-refractivity contribution in [1.82, 2.24) is 0 Å². The Morgan fingerprint density at radius 2 is 2.23 bits per heavy atom. The Morgan fingerprint density at radius 3 is 2.69 bits per heavy atom. The van der Waals surface area contributed by atoms with Gasteiger partial charge in [-0.1, -0.05) is 0 Å². The summed E-state index contributed by atoms with van der Waals surface area (Å²) in [6, 6.07) is 0. The average Bonchev–Trinajstić information content (AvgIpc) is 2.44. The van der Waals surface area contributed by atoms with Crippen LogP contribution in [0.15, 0.2) is 0 Å². The van der Waals surface area contributed by atoms with Gasteiger partial charge in [0.25, 0.3) is 0 Å². The van der Waals surface area contributed by atoms with Crippen molar-refractivity contribution in [3.63, 3.8) is 0 Å². The number of carbonyl (C=O) groups is 1. The third-order valence-corrected chi connectivity index (χ3v) is 3.35. The molecule has 72 valence electrons. The Bertz CT molecular complexity index is 237. The maximum absolute atomic E-state index is 11.4. The van der Waals surface area contributed by atoms with Crippen LogP contribution in [-0.2, 0) is 18.6 Å². The van der Waals surface area contributed by atoms with E-state index in [4.69, 9.17) is 4.52 Å². The summed E-state index contributed by atoms with van der Waals surface area (Å²) >= 11 is 0. The lowest BCUT2D eigenvalue weighted by Crippen LogP contribution is -2.20. The van der Waals surface area contributed by atoms with Crippen molar-refractivity contribution in [2.75, 3.05) is 6.61 Å². The van der Waals surface area contributed by atoms with Gasteiger partial charge in [0.15, 0.2) is 6.61 Å². The Balaban J connectivity index is 1.79. The molecule has 2 aliphatic rings. The van der Waals surface area contributed by atoms with Crippen molar-refractivity contribution in [2.24, 2.45) is 0 Å². The lowest BCUT2D eigenvalue weighted by Gasteiger charge is -2.18. The molecule has 2 fully saturated rings. The largest absolute Gasteiger partial charge is 0.557 e. The van der Waals surface area contributed by atoms with Gasteiger partial charge in [0.2, 0.25) is 0 Å². The molecule has 0 aromatic rings. The van der Waals surface area contributed by atoms with Gasteiger partial charge in [0, 0.05) is 0 Å². The quantitative estimate of drug-likeness (QED) is 0.519. The van der Waals surface area contributed by atoms with E-state index < -0.39 is 20.0 Å². The number of hydrogen-bond donors (Lipinski definition) is 0. The fourth-order valence-corrected chi connectivity index (χ4v) is 2.12. The van der Waals surface area contributed by atoms with Crippen molar-refractivity contribution in [3.05, 3.63) is 0 Å². The van der Waals surface area contributed by atoms with Crippen molar-refractivity contribution >= 4 is 14.2 Å². The predicted molar refractivity (Wildman–Crippen MR) is 42.6 cm³/mol. The van der Waals surface area contributed by atoms with Gasteiger partial charge < -0.3 is 9.47 Å². The SMILES string of the molecule is O=C1OCC([P+](=O)OC2CCC2)O1. The molecule has 0 radical (unpaired) electrons. The maximum atomic E-state index is 11.4. The first-order chi connectivity index (χ1) is 6.25. The van der Waals surface area contributed by atoms with Crippen molar-refractivity contribution in [1.29, 1.82) is 0 Å². The van der Waals surface area contributed by atoms with Gasteiger partial charge >= 0.3 is 20.0 Å². The minimum absolute atomic E-state index is 0.0424. The summed E-state index contributed by atoms with van der Waals surface area (Å²) in [5.41, 5.74) is 0. The highest BCUT2D eigenvalue weighted by atomic mass is 31.1. The molecule has 1 aliphatic heterocycles. The summed E-state index contributed by atoms with van der Waals surface area (Å²) in [5, 5.41) is 0. The molecular weight excluding hydrogens is 195 g/mol. The van der Waals surface area contributed by atoms with E-state index in [1.54, 1.807) is 0 Å². The van der Waals surface area contributed by atoms with Crippen LogP contribution in [-0.4, -0.2) is 24.7 Å². The van der Waals surface area contributed by atoms with Crippen LogP contribution in [0.5, 0.6) is 0 Å². The minimum Gasteiger partial charge on any atom is -0.425 e. The molecule has 2 atom stereocenters. The molecule has 5 nitrogen and oxygen atoms in total. The van der Waals surface area contributed by atoms with E-state index in [1.807, 2.05) is 0 Å². The number of cyclic esters (lactones) is 2. The van der Waals surface area contributed by atoms with Gasteiger partial charge in [0.05, 0.1) is 0 Å². The average molecular weight is 205 g/mol. The normalized spacial score (nSPS) is 29.1. The summed E-state index contributed by atoms with van der Waals surface area (Å²) in [4.78, 5) is 10.5. The first-order valence-corrected chi connectivity index (χ1v) is 5.47. The number of rotatable bonds is 3. The van der Waals surface area contributed by atoms with Crippen LogP contribution >= 0.6 is 8.03 Å². The first kappa shape index (κ1) is 8.91. The summed E-state index contributed by atoms with van der Waals surface area (Å²) < 4.78 is 25.7. The molecule has 1 aliphatic carbocycles. The van der Waals surface area contributed by atoms with Gasteiger partial charge in [-0.25, -0.2) is 4.79 Å². The molecule has 0 aromatic heterocycles. The van der Waals surface area contributed by atoms with Gasteiger partial charge in [-0.05, 0) is 23.8 Å². The molecule has 0 spiro atoms. The Labute approximate surface area is 76.2 Å². The molecule has 0 aromatic carbocycles. The highest BCUT2D eigenvalue weighted by Gasteiger charge is 2.45. The zero-order valence-corrected chi connectivity index (χ0v) is 7.87. The van der Waals surface area contributed by atoms with Crippen LogP contribution in [0.4, 0.5) is 4.79 Å². The smallest absolute Gasteiger partial charge is 0.425 e. The first-order valence-electron chi connectivity index (χ1n) is 4.22. The lowest BCUT2D eigenvalue weighted by atomic mass is 9.97. The summed E-state index contributed by atoms with van der Waals surface area (Å²) in [6.45, 7) is 0.0424. The van der Waals surface area contributed by atoms with E-state index in [2.05, 4.69) is 9.47 Å². The molecule has 1 saturated carbocycles. The molecule has 2 rings (SSSR count). The zero-order valence-electron chi connectivity index (χ0n) is 6.97. The molecule has 13 heavy (non-hydrogen) atoms. The number of carbonyl (C=O) groups excluding carboxylic acids is 1. The van der Waals surface area contributed by atoms with Gasteiger partial charge in [-0.3, -0.25) is 0 Å². The summed E-state index contributed by atoms with van der Waals surface area (Å²) in [6.07, 6.45) is 2.34. The monoisotopic (exact) mass is 205 g/mol. The third kappa shape index (κ3) is 1.98. The van der Waals surface area contributed by atoms with Crippen LogP contribution in [0.3, 0.4) is 0 Å². The summed E-state index contributed by atoms with van der Waals surface area (Å²) in [5.74, 6) is -0.705. The van der Waals surface area contributed by atoms with Crippen LogP contribution in [0.25, 0.3) is 0 Å². The van der Waals surface area contributed by atoms with Crippen molar-refractivity contribution < 1.29 is 23.4 Å². The standard InChI is InChI=1S/C7H10O5P/c8-7-10-4-6(11-7)13(9)12-5-2-1-3-5/h5-6H,1-4H2/q+1. The number of ether oxygens (including phenoxy) is 2. The third-order valence-electron chi connectivity index (χ3n) is 2.12. The fourth-order valence-electron chi connectivity index (χ4n) is 1.11. The van der Waals surface area contributed by atoms with Crippen LogP contribution in [0.1, 0.15) is 19.3 Å². The molecule has 1 saturated heterocycles. The number of hydrogen-bond acceptors (Lipinski definition) is 5. The maximum Gasteiger partial charge on any atom is 0.557 e. The topological polar surface area (TPSA) is 61.8 Å². The second-order valence-electron chi connectivity index (χ2n) is 3.08.